The Balaban J connectivity index is 1.38. The van der Waals surface area contributed by atoms with E-state index in [2.05, 4.69) is 51.7 Å². The standard InChI is InChI=1S/C27H27N3O2/c31-26(19-18-25-28-24-16-8-7-15-22(24)27(32)30-25)29-23(21-13-5-2-6-14-21)17-9-12-20-10-3-1-4-11-20/h1-8,10-11,13-16,23H,9,12,17-19H2,(H,29,31)(H,28,30,32). The Bertz CT molecular complexity index is 1220. The van der Waals surface area contributed by atoms with Crippen molar-refractivity contribution in [2.24, 2.45) is 0 Å². The van der Waals surface area contributed by atoms with Gasteiger partial charge in [0.2, 0.25) is 5.91 Å². The van der Waals surface area contributed by atoms with Crippen molar-refractivity contribution in [2.75, 3.05) is 0 Å². The SMILES string of the molecule is O=C(CCc1nc2ccccc2c(=O)[nH]1)NC(CCCc1ccccc1)c1ccccc1. The van der Waals surface area contributed by atoms with Gasteiger partial charge < -0.3 is 10.3 Å². The van der Waals surface area contributed by atoms with Crippen molar-refractivity contribution in [3.05, 3.63) is 112 Å². The minimum absolute atomic E-state index is 0.0453. The molecule has 0 spiro atoms. The second-order valence-corrected chi connectivity index (χ2v) is 7.94. The highest BCUT2D eigenvalue weighted by Gasteiger charge is 2.15. The fourth-order valence-corrected chi connectivity index (χ4v) is 3.91. The van der Waals surface area contributed by atoms with Crippen LogP contribution in [0.15, 0.2) is 89.7 Å². The first-order chi connectivity index (χ1) is 15.7. The molecular weight excluding hydrogens is 398 g/mol. The monoisotopic (exact) mass is 425 g/mol. The molecule has 1 heterocycles. The van der Waals surface area contributed by atoms with Crippen LogP contribution in [0.2, 0.25) is 0 Å². The zero-order chi connectivity index (χ0) is 22.2. The molecule has 4 rings (SSSR count). The third kappa shape index (κ3) is 5.70. The molecule has 1 aromatic heterocycles. The second-order valence-electron chi connectivity index (χ2n) is 7.94. The highest BCUT2D eigenvalue weighted by atomic mass is 16.1. The fourth-order valence-electron chi connectivity index (χ4n) is 3.91. The van der Waals surface area contributed by atoms with E-state index < -0.39 is 0 Å². The number of aromatic amines is 1. The molecule has 4 aromatic rings. The number of H-pyrrole nitrogens is 1. The zero-order valence-corrected chi connectivity index (χ0v) is 18.0. The molecule has 0 fully saturated rings. The van der Waals surface area contributed by atoms with Gasteiger partial charge in [-0.15, -0.1) is 0 Å². The molecule has 0 aliphatic rings. The summed E-state index contributed by atoms with van der Waals surface area (Å²) < 4.78 is 0. The Morgan fingerprint density at radius 3 is 2.34 bits per heavy atom. The number of aromatic nitrogens is 2. The maximum Gasteiger partial charge on any atom is 0.258 e. The number of para-hydroxylation sites is 1. The number of nitrogens with one attached hydrogen (secondary N) is 2. The van der Waals surface area contributed by atoms with Crippen LogP contribution in [0.1, 0.15) is 42.3 Å². The van der Waals surface area contributed by atoms with Crippen LogP contribution in [0.25, 0.3) is 10.9 Å². The van der Waals surface area contributed by atoms with E-state index in [1.807, 2.05) is 42.5 Å². The Morgan fingerprint density at radius 2 is 1.56 bits per heavy atom. The van der Waals surface area contributed by atoms with Gasteiger partial charge in [-0.1, -0.05) is 72.8 Å². The topological polar surface area (TPSA) is 74.8 Å². The maximum atomic E-state index is 12.8. The van der Waals surface area contributed by atoms with Gasteiger partial charge in [-0.05, 0) is 42.5 Å². The maximum absolute atomic E-state index is 12.8. The van der Waals surface area contributed by atoms with Crippen LogP contribution in [0.4, 0.5) is 0 Å². The summed E-state index contributed by atoms with van der Waals surface area (Å²) in [7, 11) is 0. The summed E-state index contributed by atoms with van der Waals surface area (Å²) in [5.41, 5.74) is 2.88. The number of fused-ring (bicyclic) bond motifs is 1. The second kappa shape index (κ2) is 10.5. The fraction of sp³-hybridized carbons (Fsp3) is 0.222. The first-order valence-electron chi connectivity index (χ1n) is 11.1. The summed E-state index contributed by atoms with van der Waals surface area (Å²) in [6.45, 7) is 0. The highest BCUT2D eigenvalue weighted by Crippen LogP contribution is 2.20. The molecular formula is C27H27N3O2. The highest BCUT2D eigenvalue weighted by molar-refractivity contribution is 5.78. The quantitative estimate of drug-likeness (QED) is 0.407. The molecule has 2 N–H and O–H groups in total. The summed E-state index contributed by atoms with van der Waals surface area (Å²) in [5.74, 6) is 0.485. The number of carbonyl (C=O) groups is 1. The zero-order valence-electron chi connectivity index (χ0n) is 18.0. The van der Waals surface area contributed by atoms with Crippen LogP contribution >= 0.6 is 0 Å². The van der Waals surface area contributed by atoms with E-state index >= 15 is 0 Å². The molecule has 0 aliphatic heterocycles. The van der Waals surface area contributed by atoms with E-state index in [-0.39, 0.29) is 23.9 Å². The lowest BCUT2D eigenvalue weighted by molar-refractivity contribution is -0.121. The number of amides is 1. The predicted octanol–water partition coefficient (Wildman–Crippen LogP) is 4.74. The van der Waals surface area contributed by atoms with E-state index in [1.165, 1.54) is 5.56 Å². The molecule has 0 bridgehead atoms. The first kappa shape index (κ1) is 21.5. The lowest BCUT2D eigenvalue weighted by atomic mass is 9.98. The molecule has 5 heteroatoms. The van der Waals surface area contributed by atoms with Crippen LogP contribution in [0.5, 0.6) is 0 Å². The van der Waals surface area contributed by atoms with Crippen molar-refractivity contribution >= 4 is 16.8 Å². The molecule has 32 heavy (non-hydrogen) atoms. The molecule has 0 saturated heterocycles. The van der Waals surface area contributed by atoms with Crippen LogP contribution in [-0.4, -0.2) is 15.9 Å². The number of rotatable bonds is 9. The van der Waals surface area contributed by atoms with E-state index in [0.29, 0.717) is 23.1 Å². The van der Waals surface area contributed by atoms with E-state index in [1.54, 1.807) is 6.07 Å². The molecule has 162 valence electrons. The lowest BCUT2D eigenvalue weighted by Crippen LogP contribution is -2.29. The molecule has 0 aliphatic carbocycles. The minimum atomic E-state index is -0.172. The van der Waals surface area contributed by atoms with Gasteiger partial charge in [-0.2, -0.15) is 0 Å². The van der Waals surface area contributed by atoms with Crippen LogP contribution < -0.4 is 10.9 Å². The van der Waals surface area contributed by atoms with Crippen molar-refractivity contribution < 1.29 is 4.79 Å². The largest absolute Gasteiger partial charge is 0.349 e. The molecule has 1 unspecified atom stereocenters. The number of hydrogen-bond acceptors (Lipinski definition) is 3. The van der Waals surface area contributed by atoms with E-state index in [9.17, 15) is 9.59 Å². The van der Waals surface area contributed by atoms with Gasteiger partial charge in [0, 0.05) is 12.8 Å². The van der Waals surface area contributed by atoms with Crippen molar-refractivity contribution in [1.29, 1.82) is 0 Å². The number of benzene rings is 3. The smallest absolute Gasteiger partial charge is 0.258 e. The van der Waals surface area contributed by atoms with Gasteiger partial charge in [-0.25, -0.2) is 4.98 Å². The summed E-state index contributed by atoms with van der Waals surface area (Å²) in [4.78, 5) is 32.3. The molecule has 5 nitrogen and oxygen atoms in total. The van der Waals surface area contributed by atoms with Crippen molar-refractivity contribution in [2.45, 2.75) is 38.1 Å². The summed E-state index contributed by atoms with van der Waals surface area (Å²) in [6, 6.07) is 27.6. The predicted molar refractivity (Wildman–Crippen MR) is 127 cm³/mol. The lowest BCUT2D eigenvalue weighted by Gasteiger charge is -2.19. The Kier molecular flexibility index (Phi) is 7.08. The number of aryl methyl sites for hydroxylation is 2. The third-order valence-electron chi connectivity index (χ3n) is 5.59. The van der Waals surface area contributed by atoms with Gasteiger partial charge in [0.15, 0.2) is 0 Å². The van der Waals surface area contributed by atoms with Crippen molar-refractivity contribution in [3.63, 3.8) is 0 Å². The van der Waals surface area contributed by atoms with Crippen LogP contribution in [0.3, 0.4) is 0 Å². The minimum Gasteiger partial charge on any atom is -0.349 e. The Morgan fingerprint density at radius 1 is 0.875 bits per heavy atom. The van der Waals surface area contributed by atoms with Gasteiger partial charge >= 0.3 is 0 Å². The molecule has 0 radical (unpaired) electrons. The molecule has 1 atom stereocenters. The van der Waals surface area contributed by atoms with Crippen LogP contribution in [0, 0.1) is 0 Å². The van der Waals surface area contributed by atoms with Gasteiger partial charge in [0.1, 0.15) is 5.82 Å². The van der Waals surface area contributed by atoms with E-state index in [0.717, 1.165) is 24.8 Å². The average molecular weight is 426 g/mol. The molecule has 0 saturated carbocycles. The Labute approximate surface area is 187 Å². The van der Waals surface area contributed by atoms with Gasteiger partial charge in [0.25, 0.3) is 5.56 Å². The van der Waals surface area contributed by atoms with Gasteiger partial charge in [0.05, 0.1) is 16.9 Å². The summed E-state index contributed by atoms with van der Waals surface area (Å²) in [5, 5.41) is 3.74. The van der Waals surface area contributed by atoms with E-state index in [4.69, 9.17) is 0 Å². The Hall–Kier alpha value is -3.73. The van der Waals surface area contributed by atoms with Gasteiger partial charge in [-0.3, -0.25) is 9.59 Å². The summed E-state index contributed by atoms with van der Waals surface area (Å²) >= 11 is 0. The summed E-state index contributed by atoms with van der Waals surface area (Å²) in [6.07, 6.45) is 3.46. The first-order valence-corrected chi connectivity index (χ1v) is 11.1. The van der Waals surface area contributed by atoms with Crippen LogP contribution in [-0.2, 0) is 17.6 Å². The third-order valence-corrected chi connectivity index (χ3v) is 5.59. The normalized spacial score (nSPS) is 11.9. The molecule has 1 amide bonds. The number of hydrogen-bond donors (Lipinski definition) is 2. The number of carbonyl (C=O) groups excluding carboxylic acids is 1. The van der Waals surface area contributed by atoms with Crippen molar-refractivity contribution in [1.82, 2.24) is 15.3 Å². The average Bonchev–Trinajstić information content (AvgIpc) is 2.83. The molecule has 3 aromatic carbocycles. The number of nitrogens with zero attached hydrogens (tertiary/aromatic N) is 1. The van der Waals surface area contributed by atoms with Crippen molar-refractivity contribution in [3.8, 4) is 0 Å².